The minimum Gasteiger partial charge on any atom is -0.366 e. The van der Waals surface area contributed by atoms with E-state index in [0.717, 1.165) is 42.8 Å². The van der Waals surface area contributed by atoms with Crippen molar-refractivity contribution in [3.63, 3.8) is 0 Å². The summed E-state index contributed by atoms with van der Waals surface area (Å²) in [6, 6.07) is 10.4. The van der Waals surface area contributed by atoms with Gasteiger partial charge in [0.05, 0.1) is 27.2 Å². The number of rotatable bonds is 7. The highest BCUT2D eigenvalue weighted by atomic mass is 35.5. The van der Waals surface area contributed by atoms with E-state index < -0.39 is 11.7 Å². The van der Waals surface area contributed by atoms with Crippen LogP contribution >= 0.6 is 11.6 Å². The van der Waals surface area contributed by atoms with Crippen LogP contribution in [-0.2, 0) is 12.7 Å². The Balaban J connectivity index is 1.83. The standard InChI is InChI=1S/C19H19ClF3N3O/c1-25(24-27)16-8-9-18(17(20)10-16)26(11-13-2-3-13)12-14-4-6-15(7-5-14)19(21,22)23/h4-10,13H,2-3,11-12H2,1H3. The predicted octanol–water partition coefficient (Wildman–Crippen LogP) is 5.89. The van der Waals surface area contributed by atoms with Crippen LogP contribution in [0, 0.1) is 10.8 Å². The van der Waals surface area contributed by atoms with Crippen LogP contribution in [0.4, 0.5) is 24.5 Å². The van der Waals surface area contributed by atoms with Gasteiger partial charge in [-0.3, -0.25) is 0 Å². The van der Waals surface area contributed by atoms with Gasteiger partial charge in [0, 0.05) is 20.1 Å². The second-order valence-electron chi connectivity index (χ2n) is 6.76. The van der Waals surface area contributed by atoms with Gasteiger partial charge in [0.2, 0.25) is 0 Å². The Hall–Kier alpha value is -2.28. The van der Waals surface area contributed by atoms with Crippen LogP contribution in [0.2, 0.25) is 5.02 Å². The lowest BCUT2D eigenvalue weighted by Gasteiger charge is -2.27. The highest BCUT2D eigenvalue weighted by Crippen LogP contribution is 2.36. The van der Waals surface area contributed by atoms with E-state index in [-0.39, 0.29) is 0 Å². The molecular formula is C19H19ClF3N3O. The van der Waals surface area contributed by atoms with Gasteiger partial charge >= 0.3 is 6.18 Å². The first-order chi connectivity index (χ1) is 12.8. The SMILES string of the molecule is CN(N=O)c1ccc(N(Cc2ccc(C(F)(F)F)cc2)CC2CC2)c(Cl)c1. The molecule has 27 heavy (non-hydrogen) atoms. The Morgan fingerprint density at radius 3 is 2.33 bits per heavy atom. The Morgan fingerprint density at radius 1 is 1.15 bits per heavy atom. The highest BCUT2D eigenvalue weighted by Gasteiger charge is 2.30. The van der Waals surface area contributed by atoms with Crippen LogP contribution in [0.1, 0.15) is 24.0 Å². The van der Waals surface area contributed by atoms with Gasteiger partial charge in [0.25, 0.3) is 0 Å². The van der Waals surface area contributed by atoms with Crippen LogP contribution < -0.4 is 9.91 Å². The van der Waals surface area contributed by atoms with Gasteiger partial charge in [-0.25, -0.2) is 5.01 Å². The fraction of sp³-hybridized carbons (Fsp3) is 0.368. The topological polar surface area (TPSA) is 35.9 Å². The molecule has 0 radical (unpaired) electrons. The lowest BCUT2D eigenvalue weighted by atomic mass is 10.1. The zero-order valence-corrected chi connectivity index (χ0v) is 15.5. The summed E-state index contributed by atoms with van der Waals surface area (Å²) in [7, 11) is 1.53. The Labute approximate surface area is 160 Å². The molecule has 0 amide bonds. The van der Waals surface area contributed by atoms with E-state index in [0.29, 0.717) is 23.2 Å². The molecule has 1 fully saturated rings. The van der Waals surface area contributed by atoms with Gasteiger partial charge in [-0.1, -0.05) is 23.7 Å². The third-order valence-electron chi connectivity index (χ3n) is 4.60. The maximum atomic E-state index is 12.8. The molecule has 8 heteroatoms. The van der Waals surface area contributed by atoms with Crippen LogP contribution in [0.15, 0.2) is 47.8 Å². The quantitative estimate of drug-likeness (QED) is 0.431. The van der Waals surface area contributed by atoms with Crippen LogP contribution in [0.25, 0.3) is 0 Å². The molecule has 0 aromatic heterocycles. The van der Waals surface area contributed by atoms with Gasteiger partial charge in [-0.05, 0) is 54.7 Å². The molecule has 0 N–H and O–H groups in total. The van der Waals surface area contributed by atoms with Crippen molar-refractivity contribution in [1.82, 2.24) is 0 Å². The predicted molar refractivity (Wildman–Crippen MR) is 101 cm³/mol. The maximum Gasteiger partial charge on any atom is 0.416 e. The van der Waals surface area contributed by atoms with Crippen molar-refractivity contribution < 1.29 is 13.2 Å². The third kappa shape index (κ3) is 4.91. The molecule has 1 saturated carbocycles. The Morgan fingerprint density at radius 2 is 1.81 bits per heavy atom. The number of benzene rings is 2. The minimum absolute atomic E-state index is 0.454. The first-order valence-corrected chi connectivity index (χ1v) is 8.93. The van der Waals surface area contributed by atoms with E-state index in [1.807, 2.05) is 6.07 Å². The summed E-state index contributed by atoms with van der Waals surface area (Å²) < 4.78 is 38.3. The number of hydrogen-bond acceptors (Lipinski definition) is 3. The van der Waals surface area contributed by atoms with Gasteiger partial charge < -0.3 is 4.90 Å². The highest BCUT2D eigenvalue weighted by molar-refractivity contribution is 6.33. The Bertz CT molecular complexity index is 807. The van der Waals surface area contributed by atoms with Crippen LogP contribution in [-0.4, -0.2) is 13.6 Å². The molecule has 3 rings (SSSR count). The summed E-state index contributed by atoms with van der Waals surface area (Å²) in [5.41, 5.74) is 1.47. The summed E-state index contributed by atoms with van der Waals surface area (Å²) in [6.45, 7) is 1.23. The summed E-state index contributed by atoms with van der Waals surface area (Å²) in [6.07, 6.45) is -2.07. The summed E-state index contributed by atoms with van der Waals surface area (Å²) in [5, 5.41) is 4.49. The molecule has 0 bridgehead atoms. The fourth-order valence-electron chi connectivity index (χ4n) is 2.88. The monoisotopic (exact) mass is 397 g/mol. The average molecular weight is 398 g/mol. The van der Waals surface area contributed by atoms with E-state index in [1.165, 1.54) is 24.2 Å². The van der Waals surface area contributed by atoms with Crippen molar-refractivity contribution in [2.45, 2.75) is 25.6 Å². The zero-order valence-electron chi connectivity index (χ0n) is 14.7. The van der Waals surface area contributed by atoms with Crippen molar-refractivity contribution in [3.8, 4) is 0 Å². The van der Waals surface area contributed by atoms with Crippen molar-refractivity contribution in [2.75, 3.05) is 23.5 Å². The number of halogens is 4. The van der Waals surface area contributed by atoms with E-state index in [2.05, 4.69) is 10.2 Å². The second kappa shape index (κ2) is 7.76. The zero-order chi connectivity index (χ0) is 19.6. The lowest BCUT2D eigenvalue weighted by Crippen LogP contribution is -2.25. The first kappa shape index (κ1) is 19.5. The third-order valence-corrected chi connectivity index (χ3v) is 4.90. The molecule has 1 aliphatic carbocycles. The Kier molecular flexibility index (Phi) is 5.60. The lowest BCUT2D eigenvalue weighted by molar-refractivity contribution is -0.137. The summed E-state index contributed by atoms with van der Waals surface area (Å²) in [5.74, 6) is 0.564. The molecule has 0 atom stereocenters. The average Bonchev–Trinajstić information content (AvgIpc) is 3.44. The normalized spacial score (nSPS) is 14.1. The number of nitrogens with zero attached hydrogens (tertiary/aromatic N) is 3. The van der Waals surface area contributed by atoms with Crippen molar-refractivity contribution in [1.29, 1.82) is 0 Å². The molecule has 4 nitrogen and oxygen atoms in total. The van der Waals surface area contributed by atoms with Gasteiger partial charge in [-0.2, -0.15) is 13.2 Å². The van der Waals surface area contributed by atoms with Crippen LogP contribution in [0.3, 0.4) is 0 Å². The first-order valence-electron chi connectivity index (χ1n) is 8.55. The number of nitroso groups, excluding NO2 is 1. The summed E-state index contributed by atoms with van der Waals surface area (Å²) in [4.78, 5) is 12.7. The molecule has 2 aromatic carbocycles. The molecule has 0 unspecified atom stereocenters. The minimum atomic E-state index is -4.34. The molecule has 2 aromatic rings. The molecule has 0 aliphatic heterocycles. The maximum absolute atomic E-state index is 12.8. The van der Waals surface area contributed by atoms with Crippen molar-refractivity contribution >= 4 is 23.0 Å². The van der Waals surface area contributed by atoms with E-state index >= 15 is 0 Å². The van der Waals surface area contributed by atoms with E-state index in [4.69, 9.17) is 11.6 Å². The van der Waals surface area contributed by atoms with Gasteiger partial charge in [0.15, 0.2) is 0 Å². The van der Waals surface area contributed by atoms with Gasteiger partial charge in [-0.15, -0.1) is 4.91 Å². The van der Waals surface area contributed by atoms with Crippen LogP contribution in [0.5, 0.6) is 0 Å². The summed E-state index contributed by atoms with van der Waals surface area (Å²) >= 11 is 6.42. The number of alkyl halides is 3. The molecule has 144 valence electrons. The van der Waals surface area contributed by atoms with Gasteiger partial charge in [0.1, 0.15) is 0 Å². The van der Waals surface area contributed by atoms with Crippen molar-refractivity contribution in [3.05, 3.63) is 63.5 Å². The molecule has 0 heterocycles. The molecule has 0 spiro atoms. The second-order valence-corrected chi connectivity index (χ2v) is 7.17. The number of hydrogen-bond donors (Lipinski definition) is 0. The van der Waals surface area contributed by atoms with Crippen molar-refractivity contribution in [2.24, 2.45) is 11.2 Å². The number of anilines is 2. The smallest absolute Gasteiger partial charge is 0.366 e. The van der Waals surface area contributed by atoms with E-state index in [1.54, 1.807) is 12.1 Å². The molecular weight excluding hydrogens is 379 g/mol. The largest absolute Gasteiger partial charge is 0.416 e. The molecule has 0 saturated heterocycles. The molecule has 1 aliphatic rings. The van der Waals surface area contributed by atoms with E-state index in [9.17, 15) is 18.1 Å². The fourth-order valence-corrected chi connectivity index (χ4v) is 3.17.